The molecule has 3 aromatic rings. The predicted molar refractivity (Wildman–Crippen MR) is 70.8 cm³/mol. The van der Waals surface area contributed by atoms with E-state index in [1.54, 1.807) is 6.20 Å². The summed E-state index contributed by atoms with van der Waals surface area (Å²) in [5, 5.41) is 0. The van der Waals surface area contributed by atoms with Crippen LogP contribution in [0.15, 0.2) is 53.4 Å². The number of pyridine rings is 1. The van der Waals surface area contributed by atoms with E-state index in [9.17, 15) is 0 Å². The van der Waals surface area contributed by atoms with Gasteiger partial charge >= 0.3 is 0 Å². The Hall–Kier alpha value is -1.68. The molecule has 3 rings (SSSR count). The summed E-state index contributed by atoms with van der Waals surface area (Å²) < 4.78 is 2.92. The Bertz CT molecular complexity index is 646. The van der Waals surface area contributed by atoms with E-state index in [0.29, 0.717) is 0 Å². The van der Waals surface area contributed by atoms with Crippen LogP contribution in [-0.2, 0) is 6.54 Å². The number of halogens is 1. The second kappa shape index (κ2) is 4.30. The minimum Gasteiger partial charge on any atom is -0.313 e. The number of aromatic nitrogens is 3. The van der Waals surface area contributed by atoms with Crippen molar-refractivity contribution in [2.45, 2.75) is 6.54 Å². The van der Waals surface area contributed by atoms with Crippen LogP contribution in [-0.4, -0.2) is 14.5 Å². The van der Waals surface area contributed by atoms with E-state index in [0.717, 1.165) is 22.4 Å². The van der Waals surface area contributed by atoms with Crippen molar-refractivity contribution in [3.63, 3.8) is 0 Å². The van der Waals surface area contributed by atoms with E-state index in [-0.39, 0.29) is 0 Å². The molecule has 84 valence electrons. The average molecular weight is 288 g/mol. The standard InChI is InChI=1S/C13H10BrN3/c14-13-16-12-11(7-4-8-15-12)17(13)9-10-5-2-1-3-6-10/h1-8H,9H2. The van der Waals surface area contributed by atoms with E-state index >= 15 is 0 Å². The van der Waals surface area contributed by atoms with Crippen LogP contribution in [0.3, 0.4) is 0 Å². The molecule has 0 saturated heterocycles. The molecule has 0 aliphatic heterocycles. The minimum absolute atomic E-state index is 0.773. The van der Waals surface area contributed by atoms with Crippen molar-refractivity contribution < 1.29 is 0 Å². The summed E-state index contributed by atoms with van der Waals surface area (Å²) in [4.78, 5) is 8.62. The van der Waals surface area contributed by atoms with Gasteiger partial charge in [-0.1, -0.05) is 30.3 Å². The van der Waals surface area contributed by atoms with Crippen molar-refractivity contribution >= 4 is 27.1 Å². The Kier molecular flexibility index (Phi) is 2.65. The van der Waals surface area contributed by atoms with Gasteiger partial charge in [-0.15, -0.1) is 0 Å². The fraction of sp³-hybridized carbons (Fsp3) is 0.0769. The van der Waals surface area contributed by atoms with E-state index in [4.69, 9.17) is 0 Å². The summed E-state index contributed by atoms with van der Waals surface area (Å²) in [7, 11) is 0. The predicted octanol–water partition coefficient (Wildman–Crippen LogP) is 3.24. The first-order chi connectivity index (χ1) is 8.34. The molecule has 0 radical (unpaired) electrons. The first-order valence-electron chi connectivity index (χ1n) is 5.35. The largest absolute Gasteiger partial charge is 0.313 e. The molecular formula is C13H10BrN3. The van der Waals surface area contributed by atoms with Gasteiger partial charge in [-0.2, -0.15) is 0 Å². The van der Waals surface area contributed by atoms with Gasteiger partial charge in [-0.25, -0.2) is 9.97 Å². The summed E-state index contributed by atoms with van der Waals surface area (Å²) in [5.74, 6) is 0. The highest BCUT2D eigenvalue weighted by molar-refractivity contribution is 9.10. The molecule has 0 unspecified atom stereocenters. The minimum atomic E-state index is 0.773. The molecule has 0 aliphatic rings. The van der Waals surface area contributed by atoms with Gasteiger partial charge in [-0.05, 0) is 33.6 Å². The molecule has 0 bridgehead atoms. The third-order valence-electron chi connectivity index (χ3n) is 2.66. The molecular weight excluding hydrogens is 278 g/mol. The van der Waals surface area contributed by atoms with Crippen LogP contribution in [0.2, 0.25) is 0 Å². The van der Waals surface area contributed by atoms with Crippen molar-refractivity contribution in [2.75, 3.05) is 0 Å². The highest BCUT2D eigenvalue weighted by Crippen LogP contribution is 2.19. The van der Waals surface area contributed by atoms with Crippen LogP contribution >= 0.6 is 15.9 Å². The van der Waals surface area contributed by atoms with Gasteiger partial charge in [-0.3, -0.25) is 0 Å². The molecule has 4 heteroatoms. The summed E-state index contributed by atoms with van der Waals surface area (Å²) >= 11 is 3.48. The van der Waals surface area contributed by atoms with Crippen molar-refractivity contribution in [1.82, 2.24) is 14.5 Å². The lowest BCUT2D eigenvalue weighted by atomic mass is 10.2. The molecule has 1 aromatic carbocycles. The first kappa shape index (κ1) is 10.5. The fourth-order valence-corrected chi connectivity index (χ4v) is 2.33. The van der Waals surface area contributed by atoms with Crippen molar-refractivity contribution in [3.8, 4) is 0 Å². The molecule has 0 spiro atoms. The molecule has 0 aliphatic carbocycles. The lowest BCUT2D eigenvalue weighted by Gasteiger charge is -2.05. The van der Waals surface area contributed by atoms with Gasteiger partial charge < -0.3 is 4.57 Å². The Morgan fingerprint density at radius 1 is 1.06 bits per heavy atom. The quantitative estimate of drug-likeness (QED) is 0.724. The van der Waals surface area contributed by atoms with Gasteiger partial charge in [0.1, 0.15) is 0 Å². The Morgan fingerprint density at radius 2 is 1.88 bits per heavy atom. The Morgan fingerprint density at radius 3 is 2.71 bits per heavy atom. The van der Waals surface area contributed by atoms with Crippen molar-refractivity contribution in [2.24, 2.45) is 0 Å². The molecule has 0 atom stereocenters. The average Bonchev–Trinajstić information content (AvgIpc) is 2.68. The van der Waals surface area contributed by atoms with Gasteiger partial charge in [0.15, 0.2) is 10.4 Å². The van der Waals surface area contributed by atoms with Crippen LogP contribution in [0, 0.1) is 0 Å². The van der Waals surface area contributed by atoms with Crippen molar-refractivity contribution in [1.29, 1.82) is 0 Å². The van der Waals surface area contributed by atoms with E-state index in [1.165, 1.54) is 5.56 Å². The molecule has 0 N–H and O–H groups in total. The number of rotatable bonds is 2. The van der Waals surface area contributed by atoms with Crippen LogP contribution in [0.5, 0.6) is 0 Å². The number of imidazole rings is 1. The summed E-state index contributed by atoms with van der Waals surface area (Å²) in [6.45, 7) is 0.795. The molecule has 2 heterocycles. The second-order valence-electron chi connectivity index (χ2n) is 3.80. The second-order valence-corrected chi connectivity index (χ2v) is 4.51. The maximum atomic E-state index is 4.38. The van der Waals surface area contributed by atoms with Crippen LogP contribution in [0.1, 0.15) is 5.56 Å². The lowest BCUT2D eigenvalue weighted by Crippen LogP contribution is -1.99. The number of fused-ring (bicyclic) bond motifs is 1. The lowest BCUT2D eigenvalue weighted by molar-refractivity contribution is 0.800. The van der Waals surface area contributed by atoms with Crippen LogP contribution in [0.4, 0.5) is 0 Å². The number of nitrogens with zero attached hydrogens (tertiary/aromatic N) is 3. The van der Waals surface area contributed by atoms with E-state index in [2.05, 4.69) is 42.6 Å². The first-order valence-corrected chi connectivity index (χ1v) is 6.14. The third-order valence-corrected chi connectivity index (χ3v) is 3.27. The fourth-order valence-electron chi connectivity index (χ4n) is 1.85. The maximum Gasteiger partial charge on any atom is 0.180 e. The number of hydrogen-bond donors (Lipinski definition) is 0. The Labute approximate surface area is 107 Å². The molecule has 0 saturated carbocycles. The third kappa shape index (κ3) is 1.96. The number of benzene rings is 1. The van der Waals surface area contributed by atoms with Crippen LogP contribution < -0.4 is 0 Å². The smallest absolute Gasteiger partial charge is 0.180 e. The molecule has 0 fully saturated rings. The van der Waals surface area contributed by atoms with Gasteiger partial charge in [0.05, 0.1) is 12.1 Å². The van der Waals surface area contributed by atoms with E-state index in [1.807, 2.05) is 30.3 Å². The number of hydrogen-bond acceptors (Lipinski definition) is 2. The van der Waals surface area contributed by atoms with Crippen molar-refractivity contribution in [3.05, 3.63) is 59.0 Å². The monoisotopic (exact) mass is 287 g/mol. The summed E-state index contributed by atoms with van der Waals surface area (Å²) in [6, 6.07) is 14.3. The summed E-state index contributed by atoms with van der Waals surface area (Å²) in [5.41, 5.74) is 3.06. The highest BCUT2D eigenvalue weighted by atomic mass is 79.9. The summed E-state index contributed by atoms with van der Waals surface area (Å²) in [6.07, 6.45) is 1.76. The van der Waals surface area contributed by atoms with Gasteiger partial charge in [0.2, 0.25) is 0 Å². The topological polar surface area (TPSA) is 30.7 Å². The van der Waals surface area contributed by atoms with Crippen LogP contribution in [0.25, 0.3) is 11.2 Å². The van der Waals surface area contributed by atoms with Gasteiger partial charge in [0, 0.05) is 6.20 Å². The molecule has 0 amide bonds. The maximum absolute atomic E-state index is 4.38. The zero-order valence-electron chi connectivity index (χ0n) is 9.05. The normalized spacial score (nSPS) is 10.9. The zero-order valence-corrected chi connectivity index (χ0v) is 10.6. The molecule has 2 aromatic heterocycles. The molecule has 3 nitrogen and oxygen atoms in total. The zero-order chi connectivity index (χ0) is 11.7. The van der Waals surface area contributed by atoms with Gasteiger partial charge in [0.25, 0.3) is 0 Å². The highest BCUT2D eigenvalue weighted by Gasteiger charge is 2.08. The Balaban J connectivity index is 2.08. The SMILES string of the molecule is Brc1nc2ncccc2n1Cc1ccccc1. The van der Waals surface area contributed by atoms with E-state index < -0.39 is 0 Å². The molecule has 17 heavy (non-hydrogen) atoms.